The zero-order valence-electron chi connectivity index (χ0n) is 13.2. The summed E-state index contributed by atoms with van der Waals surface area (Å²) in [5, 5.41) is 0.414. The topological polar surface area (TPSA) is 96.4 Å². The van der Waals surface area contributed by atoms with Gasteiger partial charge >= 0.3 is 7.60 Å². The van der Waals surface area contributed by atoms with Crippen LogP contribution in [0.2, 0.25) is 0 Å². The first-order valence-electron chi connectivity index (χ1n) is 7.33. The maximum absolute atomic E-state index is 13.5. The number of thioether (sulfide) groups is 1. The van der Waals surface area contributed by atoms with E-state index in [0.717, 1.165) is 11.8 Å². The number of hydrogen-bond acceptors (Lipinski definition) is 7. The lowest BCUT2D eigenvalue weighted by atomic mass is 10.1. The van der Waals surface area contributed by atoms with Crippen molar-refractivity contribution in [3.8, 4) is 0 Å². The summed E-state index contributed by atoms with van der Waals surface area (Å²) in [6.07, 6.45) is 2.19. The van der Waals surface area contributed by atoms with Crippen molar-refractivity contribution < 1.29 is 13.6 Å². The highest BCUT2D eigenvalue weighted by Crippen LogP contribution is 2.72. The van der Waals surface area contributed by atoms with E-state index in [0.29, 0.717) is 11.6 Å². The Labute approximate surface area is 144 Å². The molecule has 1 aromatic heterocycles. The molecule has 0 spiro atoms. The SMILES string of the molecule is CCOP(=O)(OCC)C1(C(N)=S)Sc2nc(=O)ccn2C1CC. The highest BCUT2D eigenvalue weighted by Gasteiger charge is 2.63. The minimum atomic E-state index is -3.69. The summed E-state index contributed by atoms with van der Waals surface area (Å²) >= 11 is 6.37. The smallest absolute Gasteiger partial charge is 0.356 e. The Hall–Kier alpha value is -0.730. The molecule has 2 N–H and O–H groups in total. The third-order valence-electron chi connectivity index (χ3n) is 3.58. The van der Waals surface area contributed by atoms with Crippen LogP contribution in [-0.2, 0) is 13.6 Å². The van der Waals surface area contributed by atoms with E-state index in [1.54, 1.807) is 24.6 Å². The van der Waals surface area contributed by atoms with E-state index in [2.05, 4.69) is 4.98 Å². The molecule has 1 aliphatic rings. The maximum atomic E-state index is 13.5. The van der Waals surface area contributed by atoms with Crippen LogP contribution in [-0.4, -0.2) is 32.2 Å². The van der Waals surface area contributed by atoms with Crippen LogP contribution < -0.4 is 11.3 Å². The van der Waals surface area contributed by atoms with Gasteiger partial charge in [0.2, 0.25) is 0 Å². The summed E-state index contributed by atoms with van der Waals surface area (Å²) in [5.74, 6) is 0. The molecular formula is C13H20N3O4PS2. The van der Waals surface area contributed by atoms with Gasteiger partial charge in [0.05, 0.1) is 19.3 Å². The predicted octanol–water partition coefficient (Wildman–Crippen LogP) is 2.55. The number of thiocarbonyl (C=S) groups is 1. The third-order valence-corrected chi connectivity index (χ3v) is 8.97. The van der Waals surface area contributed by atoms with Crippen molar-refractivity contribution in [2.45, 2.75) is 42.9 Å². The van der Waals surface area contributed by atoms with Crippen molar-refractivity contribution >= 4 is 36.6 Å². The molecule has 2 atom stereocenters. The van der Waals surface area contributed by atoms with Crippen LogP contribution in [0, 0.1) is 0 Å². The Balaban J connectivity index is 2.68. The first kappa shape index (κ1) is 18.6. The molecule has 0 aliphatic carbocycles. The van der Waals surface area contributed by atoms with Gasteiger partial charge in [0.1, 0.15) is 4.99 Å². The van der Waals surface area contributed by atoms with Gasteiger partial charge < -0.3 is 19.3 Å². The van der Waals surface area contributed by atoms with Crippen LogP contribution in [0.1, 0.15) is 33.2 Å². The molecule has 0 radical (unpaired) electrons. The molecule has 2 rings (SSSR count). The first-order chi connectivity index (χ1) is 10.9. The van der Waals surface area contributed by atoms with Crippen LogP contribution in [0.3, 0.4) is 0 Å². The van der Waals surface area contributed by atoms with Crippen molar-refractivity contribution in [3.63, 3.8) is 0 Å². The zero-order chi connectivity index (χ0) is 17.3. The van der Waals surface area contributed by atoms with Gasteiger partial charge in [-0.05, 0) is 20.3 Å². The molecule has 0 bridgehead atoms. The fraction of sp³-hybridized carbons (Fsp3) is 0.615. The van der Waals surface area contributed by atoms with Crippen LogP contribution in [0.25, 0.3) is 0 Å². The Morgan fingerprint density at radius 3 is 2.57 bits per heavy atom. The summed E-state index contributed by atoms with van der Waals surface area (Å²) in [6.45, 7) is 5.77. The average Bonchev–Trinajstić information content (AvgIpc) is 2.82. The number of aromatic nitrogens is 2. The monoisotopic (exact) mass is 377 g/mol. The molecule has 10 heteroatoms. The molecule has 128 valence electrons. The Kier molecular flexibility index (Phi) is 5.68. The van der Waals surface area contributed by atoms with Crippen molar-refractivity contribution in [2.24, 2.45) is 5.73 Å². The number of nitrogens with zero attached hydrogens (tertiary/aromatic N) is 2. The van der Waals surface area contributed by atoms with Gasteiger partial charge in [-0.1, -0.05) is 30.9 Å². The van der Waals surface area contributed by atoms with Gasteiger partial charge in [-0.2, -0.15) is 4.98 Å². The zero-order valence-corrected chi connectivity index (χ0v) is 15.7. The second-order valence-electron chi connectivity index (χ2n) is 4.88. The molecule has 7 nitrogen and oxygen atoms in total. The normalized spacial score (nSPS) is 23.7. The molecule has 0 aromatic carbocycles. The molecular weight excluding hydrogens is 357 g/mol. The van der Waals surface area contributed by atoms with Gasteiger partial charge in [-0.3, -0.25) is 9.36 Å². The van der Waals surface area contributed by atoms with E-state index in [9.17, 15) is 9.36 Å². The fourth-order valence-corrected chi connectivity index (χ4v) is 7.64. The Bertz CT molecular complexity index is 701. The summed E-state index contributed by atoms with van der Waals surface area (Å²) in [7, 11) is -3.69. The second kappa shape index (κ2) is 7.03. The van der Waals surface area contributed by atoms with E-state index in [1.807, 2.05) is 6.92 Å². The lowest BCUT2D eigenvalue weighted by Gasteiger charge is -2.37. The van der Waals surface area contributed by atoms with Crippen molar-refractivity contribution in [1.29, 1.82) is 0 Å². The standard InChI is InChI=1S/C13H20N3O4PS2/c1-4-9-13(11(14)22,21(18,19-5-2)20-6-3)23-12-15-10(17)7-8-16(9)12/h7-9H,4-6H2,1-3H3,(H2,14,22). The average molecular weight is 377 g/mol. The van der Waals surface area contributed by atoms with Gasteiger partial charge in [-0.15, -0.1) is 0 Å². The molecule has 2 heterocycles. The minimum Gasteiger partial charge on any atom is -0.392 e. The molecule has 1 aromatic rings. The van der Waals surface area contributed by atoms with Crippen LogP contribution >= 0.6 is 31.6 Å². The number of hydrogen-bond donors (Lipinski definition) is 1. The summed E-state index contributed by atoms with van der Waals surface area (Å²) in [5.41, 5.74) is 5.65. The number of fused-ring (bicyclic) bond motifs is 1. The summed E-state index contributed by atoms with van der Waals surface area (Å²) in [4.78, 5) is 15.6. The van der Waals surface area contributed by atoms with Gasteiger partial charge in [0.15, 0.2) is 9.64 Å². The summed E-state index contributed by atoms with van der Waals surface area (Å²) in [6, 6.07) is 0.978. The molecule has 23 heavy (non-hydrogen) atoms. The van der Waals surface area contributed by atoms with Crippen LogP contribution in [0.4, 0.5) is 0 Å². The molecule has 1 aliphatic heterocycles. The van der Waals surface area contributed by atoms with E-state index < -0.39 is 12.1 Å². The fourth-order valence-electron chi connectivity index (χ4n) is 2.74. The predicted molar refractivity (Wildman–Crippen MR) is 94.1 cm³/mol. The van der Waals surface area contributed by atoms with E-state index in [1.165, 1.54) is 6.07 Å². The minimum absolute atomic E-state index is 0.0255. The van der Waals surface area contributed by atoms with Crippen molar-refractivity contribution in [2.75, 3.05) is 13.2 Å². The van der Waals surface area contributed by atoms with Crippen molar-refractivity contribution in [1.82, 2.24) is 9.55 Å². The van der Waals surface area contributed by atoms with Gasteiger partial charge in [-0.25, -0.2) is 0 Å². The molecule has 2 unspecified atom stereocenters. The quantitative estimate of drug-likeness (QED) is 0.440. The number of rotatable bonds is 7. The largest absolute Gasteiger partial charge is 0.392 e. The lowest BCUT2D eigenvalue weighted by molar-refractivity contribution is 0.207. The summed E-state index contributed by atoms with van der Waals surface area (Å²) < 4.78 is 25.1. The highest BCUT2D eigenvalue weighted by atomic mass is 32.2. The molecule has 0 fully saturated rings. The lowest BCUT2D eigenvalue weighted by Crippen LogP contribution is -2.44. The Morgan fingerprint density at radius 1 is 1.48 bits per heavy atom. The van der Waals surface area contributed by atoms with E-state index >= 15 is 0 Å². The second-order valence-corrected chi connectivity index (χ2v) is 9.05. The molecule has 0 saturated heterocycles. The third kappa shape index (κ3) is 2.89. The van der Waals surface area contributed by atoms with Gasteiger partial charge in [0.25, 0.3) is 5.56 Å². The van der Waals surface area contributed by atoms with Crippen molar-refractivity contribution in [3.05, 3.63) is 22.6 Å². The maximum Gasteiger partial charge on any atom is 0.356 e. The number of nitrogens with two attached hydrogens (primary N) is 1. The van der Waals surface area contributed by atoms with Gasteiger partial charge in [0, 0.05) is 12.3 Å². The highest BCUT2D eigenvalue weighted by molar-refractivity contribution is 8.09. The molecule has 0 amide bonds. The van der Waals surface area contributed by atoms with Crippen LogP contribution in [0.5, 0.6) is 0 Å². The van der Waals surface area contributed by atoms with E-state index in [4.69, 9.17) is 27.0 Å². The first-order valence-corrected chi connectivity index (χ1v) is 10.1. The van der Waals surface area contributed by atoms with Crippen LogP contribution in [0.15, 0.2) is 22.2 Å². The molecule has 0 saturated carbocycles. The van der Waals surface area contributed by atoms with E-state index in [-0.39, 0.29) is 29.8 Å². The Morgan fingerprint density at radius 2 is 2.09 bits per heavy atom.